The van der Waals surface area contributed by atoms with Crippen LogP contribution >= 0.6 is 11.6 Å². The molecule has 0 aliphatic carbocycles. The molecular weight excluding hydrogens is 616 g/mol. The molecule has 1 amide bonds. The predicted molar refractivity (Wildman–Crippen MR) is 182 cm³/mol. The van der Waals surface area contributed by atoms with Crippen molar-refractivity contribution in [3.8, 4) is 0 Å². The molecule has 2 aliphatic heterocycles. The van der Waals surface area contributed by atoms with Crippen molar-refractivity contribution < 1.29 is 33.5 Å². The molecule has 9 nitrogen and oxygen atoms in total. The normalized spacial score (nSPS) is 29.3. The van der Waals surface area contributed by atoms with Crippen molar-refractivity contribution in [1.29, 1.82) is 0 Å². The van der Waals surface area contributed by atoms with Crippen LogP contribution in [0.25, 0.3) is 0 Å². The van der Waals surface area contributed by atoms with E-state index in [9.17, 15) is 24.0 Å². The number of carbonyl (C=O) groups is 2. The van der Waals surface area contributed by atoms with Crippen molar-refractivity contribution in [3.63, 3.8) is 0 Å². The Kier molecular flexibility index (Phi) is 19.7. The number of ether oxygens (including phenoxy) is 2. The number of likely N-dealkylation sites (tertiary alicyclic amines) is 1. The fourth-order valence-electron chi connectivity index (χ4n) is 6.80. The number of carbonyl (C=O) groups excluding carboxylic acids is 2. The van der Waals surface area contributed by atoms with Crippen molar-refractivity contribution in [1.82, 2.24) is 10.2 Å². The van der Waals surface area contributed by atoms with Gasteiger partial charge in [-0.2, -0.15) is 0 Å². The molecule has 10 atom stereocenters. The molecule has 0 aromatic rings. The Hall–Kier alpha value is -0.780. The fourth-order valence-corrected chi connectivity index (χ4v) is 7.88. The molecule has 3 N–H and O–H groups in total. The van der Waals surface area contributed by atoms with Crippen molar-refractivity contribution in [2.75, 3.05) is 19.8 Å². The first kappa shape index (κ1) is 40.4. The fraction of sp³-hybridized carbons (Fsp3) is 0.941. The zero-order valence-electron chi connectivity index (χ0n) is 28.6. The van der Waals surface area contributed by atoms with Gasteiger partial charge in [-0.1, -0.05) is 97.3 Å². The van der Waals surface area contributed by atoms with Crippen LogP contribution in [0, 0.1) is 5.92 Å². The van der Waals surface area contributed by atoms with Crippen LogP contribution in [-0.4, -0.2) is 98.4 Å². The van der Waals surface area contributed by atoms with Crippen molar-refractivity contribution in [2.24, 2.45) is 5.92 Å². The van der Waals surface area contributed by atoms with Crippen LogP contribution in [0.4, 0.5) is 0 Å². The lowest BCUT2D eigenvalue weighted by Crippen LogP contribution is -2.66. The molecule has 0 radical (unpaired) electrons. The minimum Gasteiger partial charge on any atom is -0.456 e. The topological polar surface area (TPSA) is 125 Å². The van der Waals surface area contributed by atoms with E-state index in [1.807, 2.05) is 11.9 Å². The average molecular weight is 679 g/mol. The zero-order valence-corrected chi connectivity index (χ0v) is 30.2. The lowest BCUT2D eigenvalue weighted by Gasteiger charge is -2.45. The van der Waals surface area contributed by atoms with E-state index in [0.29, 0.717) is 12.3 Å². The Morgan fingerprint density at radius 3 is 2.02 bits per heavy atom. The number of aliphatic hydroxyl groups is 2. The number of nitrogens with one attached hydrogen (secondary N) is 1. The van der Waals surface area contributed by atoms with Gasteiger partial charge < -0.3 is 25.0 Å². The minimum absolute atomic E-state index is 0.175. The number of amides is 1. The maximum absolute atomic E-state index is 13.3. The number of unbranched alkanes of at least 4 members (excludes halogenated alkanes) is 12. The van der Waals surface area contributed by atoms with Gasteiger partial charge in [0.2, 0.25) is 5.91 Å². The zero-order chi connectivity index (χ0) is 33.4. The molecule has 0 unspecified atom stereocenters. The molecule has 264 valence electrons. The van der Waals surface area contributed by atoms with Crippen LogP contribution in [0.2, 0.25) is 0 Å². The number of aliphatic hydroxyl groups excluding tert-OH is 2. The van der Waals surface area contributed by atoms with Gasteiger partial charge in [-0.25, -0.2) is 0 Å². The van der Waals surface area contributed by atoms with E-state index < -0.39 is 58.0 Å². The average Bonchev–Trinajstić information content (AvgIpc) is 3.36. The molecule has 2 aliphatic rings. The summed E-state index contributed by atoms with van der Waals surface area (Å²) >= 11 is 6.49. The number of rotatable bonds is 22. The smallest absolute Gasteiger partial charge is 0.306 e. The largest absolute Gasteiger partial charge is 0.456 e. The molecule has 11 heteroatoms. The Bertz CT molecular complexity index is 881. The third-order valence-electron chi connectivity index (χ3n) is 9.45. The van der Waals surface area contributed by atoms with Crippen LogP contribution in [0.3, 0.4) is 0 Å². The lowest BCUT2D eigenvalue weighted by molar-refractivity contribution is -0.219. The number of alkyl halides is 1. The van der Waals surface area contributed by atoms with E-state index in [1.54, 1.807) is 6.92 Å². The molecule has 2 heterocycles. The maximum atomic E-state index is 13.3. The van der Waals surface area contributed by atoms with Crippen molar-refractivity contribution in [3.05, 3.63) is 0 Å². The van der Waals surface area contributed by atoms with Gasteiger partial charge in [0.05, 0.1) is 28.3 Å². The molecule has 0 saturated carbocycles. The van der Waals surface area contributed by atoms with Gasteiger partial charge in [-0.05, 0) is 39.2 Å². The van der Waals surface area contributed by atoms with E-state index in [1.165, 1.54) is 64.0 Å². The summed E-state index contributed by atoms with van der Waals surface area (Å²) < 4.78 is 24.3. The van der Waals surface area contributed by atoms with Crippen LogP contribution in [0.5, 0.6) is 0 Å². The van der Waals surface area contributed by atoms with Crippen LogP contribution in [-0.2, 0) is 29.9 Å². The molecule has 0 spiro atoms. The number of hydrogen-bond donors (Lipinski definition) is 3. The van der Waals surface area contributed by atoms with Gasteiger partial charge in [0.1, 0.15) is 18.3 Å². The number of likely N-dealkylation sites (N-methyl/N-ethyl adjacent to an activating group) is 1. The van der Waals surface area contributed by atoms with Gasteiger partial charge in [0.15, 0.2) is 11.5 Å². The summed E-state index contributed by atoms with van der Waals surface area (Å²) in [4.78, 5) is 28.0. The van der Waals surface area contributed by atoms with E-state index in [-0.39, 0.29) is 18.4 Å². The first-order valence-electron chi connectivity index (χ1n) is 17.7. The second-order valence-corrected chi connectivity index (χ2v) is 15.6. The van der Waals surface area contributed by atoms with Crippen LogP contribution in [0.15, 0.2) is 0 Å². The summed E-state index contributed by atoms with van der Waals surface area (Å²) in [5.41, 5.74) is -1.18. The highest BCUT2D eigenvalue weighted by atomic mass is 35.5. The number of halogens is 1. The summed E-state index contributed by atoms with van der Waals surface area (Å²) in [6.07, 6.45) is 14.5. The van der Waals surface area contributed by atoms with Gasteiger partial charge in [-0.15, -0.1) is 11.6 Å². The number of nitrogens with zero attached hydrogens (tertiary/aromatic N) is 1. The molecule has 0 aromatic heterocycles. The van der Waals surface area contributed by atoms with E-state index in [2.05, 4.69) is 19.2 Å². The predicted octanol–water partition coefficient (Wildman–Crippen LogP) is 5.44. The highest BCUT2D eigenvalue weighted by molar-refractivity contribution is 7.84. The van der Waals surface area contributed by atoms with E-state index in [0.717, 1.165) is 45.1 Å². The quantitative estimate of drug-likeness (QED) is 0.0786. The first-order valence-corrected chi connectivity index (χ1v) is 19.7. The second kappa shape index (κ2) is 22.0. The van der Waals surface area contributed by atoms with Crippen molar-refractivity contribution in [2.45, 2.75) is 177 Å². The van der Waals surface area contributed by atoms with Gasteiger partial charge >= 0.3 is 5.97 Å². The highest BCUT2D eigenvalue weighted by Gasteiger charge is 2.52. The Labute approximate surface area is 280 Å². The highest BCUT2D eigenvalue weighted by Crippen LogP contribution is 2.31. The van der Waals surface area contributed by atoms with Gasteiger partial charge in [-0.3, -0.25) is 18.7 Å². The van der Waals surface area contributed by atoms with Crippen LogP contribution < -0.4 is 5.32 Å². The number of hydrogen-bond acceptors (Lipinski definition) is 8. The summed E-state index contributed by atoms with van der Waals surface area (Å²) in [6.45, 7) is 6.87. The van der Waals surface area contributed by atoms with Gasteiger partial charge in [0.25, 0.3) is 0 Å². The third-order valence-corrected chi connectivity index (χ3v) is 10.8. The Morgan fingerprint density at radius 1 is 0.956 bits per heavy atom. The monoisotopic (exact) mass is 678 g/mol. The SMILES string of the molecule is CCCCCCCCCCCCCCCC(=O)O[C@@H]1[C@@H](O)[C@@H](O)[C@@H]([C@H](NC(=O)[C@@H]2C[C@@H](CCC)CN2C)[C@H](C)Cl)O[C@@H]1[S@](C)=O. The lowest BCUT2D eigenvalue weighted by atomic mass is 9.92. The molecule has 45 heavy (non-hydrogen) atoms. The van der Waals surface area contributed by atoms with Crippen molar-refractivity contribution >= 4 is 34.3 Å². The molecule has 2 saturated heterocycles. The molecule has 2 fully saturated rings. The summed E-state index contributed by atoms with van der Waals surface area (Å²) in [5, 5.41) is 24.4. The molecule has 0 aromatic carbocycles. The third kappa shape index (κ3) is 13.7. The molecule has 0 bridgehead atoms. The maximum Gasteiger partial charge on any atom is 0.306 e. The molecular formula is C34H63ClN2O7S. The summed E-state index contributed by atoms with van der Waals surface area (Å²) in [7, 11) is 0.255. The second-order valence-electron chi connectivity index (χ2n) is 13.5. The summed E-state index contributed by atoms with van der Waals surface area (Å²) in [6, 6.07) is -1.20. The van der Waals surface area contributed by atoms with E-state index in [4.69, 9.17) is 21.1 Å². The van der Waals surface area contributed by atoms with Crippen LogP contribution in [0.1, 0.15) is 130 Å². The minimum atomic E-state index is -1.66. The Morgan fingerprint density at radius 2 is 1.51 bits per heavy atom. The Balaban J connectivity index is 1.82. The number of esters is 1. The van der Waals surface area contributed by atoms with Gasteiger partial charge in [0, 0.05) is 19.2 Å². The standard InChI is InChI=1S/C34H63ClN2O7S/c1-6-8-9-10-11-12-13-14-15-16-17-18-19-21-27(38)43-32-30(40)29(39)31(44-34(32)45(5)42)28(24(3)35)36-33(41)26-22-25(20-7-2)23-37(26)4/h24-26,28-32,34,39-40H,6-23H2,1-5H3,(H,36,41)/t24-,25+,26-,28+,29+,30-,31+,32+,34+,45-/m0/s1. The first-order chi connectivity index (χ1) is 21.5. The summed E-state index contributed by atoms with van der Waals surface area (Å²) in [5.74, 6) is -0.310. The molecule has 2 rings (SSSR count). The van der Waals surface area contributed by atoms with E-state index >= 15 is 0 Å².